The number of alkyl carbamates (subject to hydrolysis) is 1. The van der Waals surface area contributed by atoms with Gasteiger partial charge in [0, 0.05) is 58.5 Å². The molecule has 9 N–H and O–H groups in total. The summed E-state index contributed by atoms with van der Waals surface area (Å²) in [6.07, 6.45) is 2.00. The molecule has 5 amide bonds. The van der Waals surface area contributed by atoms with Crippen molar-refractivity contribution in [1.29, 1.82) is 0 Å². The van der Waals surface area contributed by atoms with Gasteiger partial charge in [-0.3, -0.25) is 28.9 Å². The van der Waals surface area contributed by atoms with E-state index < -0.39 is 29.5 Å². The van der Waals surface area contributed by atoms with E-state index in [1.165, 1.54) is 53.1 Å². The van der Waals surface area contributed by atoms with Crippen LogP contribution in [0.4, 0.5) is 4.79 Å². The Bertz CT molecular complexity index is 1380. The Morgan fingerprint density at radius 1 is 0.927 bits per heavy atom. The topological polar surface area (TPSA) is 265 Å². The van der Waals surface area contributed by atoms with Crippen molar-refractivity contribution < 1.29 is 47.8 Å². The number of rotatable bonds is 23. The fraction of sp³-hybridized carbons (Fsp3) is 0.649. The van der Waals surface area contributed by atoms with Gasteiger partial charge < -0.3 is 47.4 Å². The molecule has 1 aromatic rings. The van der Waals surface area contributed by atoms with E-state index in [4.69, 9.17) is 19.9 Å². The van der Waals surface area contributed by atoms with Crippen LogP contribution in [-0.4, -0.2) is 112 Å². The van der Waals surface area contributed by atoms with Gasteiger partial charge in [0.1, 0.15) is 17.9 Å². The molecule has 1 aromatic carbocycles. The van der Waals surface area contributed by atoms with E-state index in [1.807, 2.05) is 13.8 Å². The van der Waals surface area contributed by atoms with Crippen molar-refractivity contribution in [2.75, 3.05) is 54.1 Å². The summed E-state index contributed by atoms with van der Waals surface area (Å²) < 4.78 is 16.8. The highest BCUT2D eigenvalue weighted by Gasteiger charge is 2.38. The minimum Gasteiger partial charge on any atom is -0.493 e. The lowest BCUT2D eigenvalue weighted by Crippen LogP contribution is -2.47. The monoisotopic (exact) mass is 797 g/mol. The summed E-state index contributed by atoms with van der Waals surface area (Å²) >= 11 is 1.22. The molecule has 55 heavy (non-hydrogen) atoms. The molecule has 312 valence electrons. The van der Waals surface area contributed by atoms with Crippen molar-refractivity contribution in [3.8, 4) is 11.5 Å². The van der Waals surface area contributed by atoms with Gasteiger partial charge in [-0.25, -0.2) is 9.59 Å². The highest BCUT2D eigenvalue weighted by Crippen LogP contribution is 2.34. The second kappa shape index (κ2) is 29.1. The maximum atomic E-state index is 13.3. The number of nitrogens with one attached hydrogen (secondary N) is 3. The third-order valence-corrected chi connectivity index (χ3v) is 9.75. The summed E-state index contributed by atoms with van der Waals surface area (Å²) in [6.45, 7) is 4.33. The maximum absolute atomic E-state index is 13.3. The Morgan fingerprint density at radius 3 is 2.22 bits per heavy atom. The predicted octanol–water partition coefficient (Wildman–Crippen LogP) is 1.93. The lowest BCUT2D eigenvalue weighted by molar-refractivity contribution is -0.141. The number of carbonyl (C=O) groups excluding carboxylic acids is 7. The lowest BCUT2D eigenvalue weighted by atomic mass is 9.98. The van der Waals surface area contributed by atoms with Crippen LogP contribution in [0.15, 0.2) is 18.2 Å². The zero-order valence-electron chi connectivity index (χ0n) is 33.4. The van der Waals surface area contributed by atoms with Crippen LogP contribution < -0.4 is 42.6 Å². The Labute approximate surface area is 329 Å². The minimum atomic E-state index is -0.880. The van der Waals surface area contributed by atoms with Crippen LogP contribution in [0.1, 0.15) is 89.7 Å². The average molecular weight is 798 g/mol. The molecule has 1 fully saturated rings. The molecule has 17 nitrogen and oxygen atoms in total. The van der Waals surface area contributed by atoms with Gasteiger partial charge in [-0.1, -0.05) is 32.8 Å². The number of benzene rings is 1. The second-order valence-corrected chi connectivity index (χ2v) is 13.5. The van der Waals surface area contributed by atoms with Crippen molar-refractivity contribution in [2.45, 2.75) is 95.5 Å². The molecule has 0 saturated carbocycles. The fourth-order valence-electron chi connectivity index (χ4n) is 5.23. The standard InChI is InChI=1S/C35H53N5O10S.2CH5N/c1-6-22(2)32(39-30(43)10-8-7-9-17-36)34(46)49-26-13-11-23(20-27(26)48-5)25(50-35(47)38-4)14-12-24(41)16-19-51-28-21-31(44)40(33(28)45)18-15-29(42)37-3;2*1-2/h11,13,20,22,25,28,32H,6-10,12,14-19,21,36H2,1-5H3,(H,37,42)(H,38,47)(H,39,43);2*2H2,1H3/t22-,25?,28?,32-;;/m0../s1. The van der Waals surface area contributed by atoms with Crippen LogP contribution in [0.3, 0.4) is 0 Å². The fourth-order valence-corrected chi connectivity index (χ4v) is 6.39. The normalized spacial score (nSPS) is 14.9. The molecule has 0 aliphatic carbocycles. The summed E-state index contributed by atoms with van der Waals surface area (Å²) in [5, 5.41) is 7.05. The Kier molecular flexibility index (Phi) is 26.8. The van der Waals surface area contributed by atoms with E-state index in [2.05, 4.69) is 27.4 Å². The summed E-state index contributed by atoms with van der Waals surface area (Å²) in [5.41, 5.74) is 15.0. The highest BCUT2D eigenvalue weighted by molar-refractivity contribution is 8.00. The number of ketones is 1. The first-order valence-corrected chi connectivity index (χ1v) is 19.5. The van der Waals surface area contributed by atoms with Gasteiger partial charge in [0.05, 0.1) is 12.4 Å². The molecular weight excluding hydrogens is 735 g/mol. The van der Waals surface area contributed by atoms with E-state index in [0.29, 0.717) is 30.7 Å². The third kappa shape index (κ3) is 18.3. The maximum Gasteiger partial charge on any atom is 0.407 e. The molecule has 0 spiro atoms. The van der Waals surface area contributed by atoms with Crippen LogP contribution in [0.2, 0.25) is 0 Å². The van der Waals surface area contributed by atoms with Gasteiger partial charge in [0.2, 0.25) is 23.6 Å². The zero-order chi connectivity index (χ0) is 41.9. The number of carbonyl (C=O) groups is 7. The second-order valence-electron chi connectivity index (χ2n) is 12.2. The summed E-state index contributed by atoms with van der Waals surface area (Å²) in [6, 6.07) is 3.79. The summed E-state index contributed by atoms with van der Waals surface area (Å²) in [7, 11) is 7.28. The van der Waals surface area contributed by atoms with Crippen molar-refractivity contribution in [3.63, 3.8) is 0 Å². The first kappa shape index (κ1) is 50.7. The number of nitrogens with zero attached hydrogens (tertiary/aromatic N) is 1. The third-order valence-electron chi connectivity index (χ3n) is 8.54. The number of Topliss-reactive ketones (excluding diaryl/α,β-unsaturated/α-hetero) is 1. The molecule has 0 aromatic heterocycles. The Balaban J connectivity index is 0.00000704. The Morgan fingerprint density at radius 2 is 1.62 bits per heavy atom. The van der Waals surface area contributed by atoms with E-state index in [9.17, 15) is 33.6 Å². The number of nitrogens with two attached hydrogens (primary N) is 3. The lowest BCUT2D eigenvalue weighted by Gasteiger charge is -2.23. The van der Waals surface area contributed by atoms with E-state index in [0.717, 1.165) is 17.7 Å². The first-order chi connectivity index (χ1) is 26.4. The van der Waals surface area contributed by atoms with Crippen molar-refractivity contribution in [2.24, 2.45) is 23.1 Å². The van der Waals surface area contributed by atoms with Crippen molar-refractivity contribution >= 4 is 53.2 Å². The van der Waals surface area contributed by atoms with Gasteiger partial charge in [0.25, 0.3) is 0 Å². The quantitative estimate of drug-likeness (QED) is 0.0400. The van der Waals surface area contributed by atoms with E-state index in [-0.39, 0.29) is 91.9 Å². The van der Waals surface area contributed by atoms with Gasteiger partial charge in [0.15, 0.2) is 11.5 Å². The molecule has 0 bridgehead atoms. The van der Waals surface area contributed by atoms with Crippen LogP contribution in [-0.2, 0) is 33.5 Å². The van der Waals surface area contributed by atoms with Gasteiger partial charge in [-0.05, 0) is 63.5 Å². The number of ether oxygens (including phenoxy) is 3. The molecule has 2 unspecified atom stereocenters. The van der Waals surface area contributed by atoms with Crippen LogP contribution in [0, 0.1) is 5.92 Å². The number of unbranched alkanes of at least 4 members (excludes halogenated alkanes) is 2. The number of hydrogen-bond donors (Lipinski definition) is 6. The van der Waals surface area contributed by atoms with E-state index >= 15 is 0 Å². The number of methoxy groups -OCH3 is 1. The minimum absolute atomic E-state index is 0.0152. The number of imide groups is 1. The summed E-state index contributed by atoms with van der Waals surface area (Å²) in [4.78, 5) is 88.5. The van der Waals surface area contributed by atoms with E-state index in [1.54, 1.807) is 12.1 Å². The van der Waals surface area contributed by atoms with Crippen molar-refractivity contribution in [1.82, 2.24) is 20.9 Å². The molecule has 1 heterocycles. The van der Waals surface area contributed by atoms with Gasteiger partial charge in [-0.15, -0.1) is 11.8 Å². The number of esters is 1. The largest absolute Gasteiger partial charge is 0.493 e. The number of hydrogen-bond acceptors (Lipinski definition) is 14. The molecule has 4 atom stereocenters. The van der Waals surface area contributed by atoms with Crippen LogP contribution in [0.5, 0.6) is 11.5 Å². The molecule has 1 aliphatic rings. The number of amides is 5. The average Bonchev–Trinajstić information content (AvgIpc) is 3.47. The number of likely N-dealkylation sites (tertiary alicyclic amines) is 1. The molecule has 1 aliphatic heterocycles. The van der Waals surface area contributed by atoms with Gasteiger partial charge >= 0.3 is 12.1 Å². The first-order valence-electron chi connectivity index (χ1n) is 18.5. The van der Waals surface area contributed by atoms with Gasteiger partial charge in [-0.2, -0.15) is 0 Å². The van der Waals surface area contributed by atoms with Crippen molar-refractivity contribution in [3.05, 3.63) is 23.8 Å². The zero-order valence-corrected chi connectivity index (χ0v) is 34.2. The molecule has 2 rings (SSSR count). The molecule has 18 heteroatoms. The Hall–Kier alpha value is -4.26. The SMILES string of the molecule is CC[C@H](C)[C@H](NC(=O)CCCCCN)C(=O)Oc1ccc(C(CCC(=O)CCSC2CC(=O)N(CCC(=O)NC)C2=O)OC(=O)NC)cc1OC.CN.CN. The van der Waals surface area contributed by atoms with Crippen LogP contribution in [0.25, 0.3) is 0 Å². The smallest absolute Gasteiger partial charge is 0.407 e. The molecule has 1 saturated heterocycles. The molecule has 0 radical (unpaired) electrons. The summed E-state index contributed by atoms with van der Waals surface area (Å²) in [5.74, 6) is -1.60. The predicted molar refractivity (Wildman–Crippen MR) is 211 cm³/mol. The van der Waals surface area contributed by atoms with Crippen LogP contribution >= 0.6 is 11.8 Å². The molecular formula is C37H63N7O10S. The number of thioether (sulfide) groups is 1. The highest BCUT2D eigenvalue weighted by atomic mass is 32.2.